The molecule has 1 aliphatic heterocycles. The third-order valence-electron chi connectivity index (χ3n) is 17.0. The van der Waals surface area contributed by atoms with E-state index in [-0.39, 0.29) is 11.5 Å². The normalized spacial score (nSPS) is 23.4. The first-order chi connectivity index (χ1) is 27.3. The van der Waals surface area contributed by atoms with E-state index in [0.717, 1.165) is 39.0 Å². The number of hydrogen-bond acceptors (Lipinski definition) is 3. The van der Waals surface area contributed by atoms with Crippen molar-refractivity contribution in [1.82, 2.24) is 4.90 Å². The summed E-state index contributed by atoms with van der Waals surface area (Å²) >= 11 is 0. The van der Waals surface area contributed by atoms with E-state index in [1.165, 1.54) is 27.1 Å². The number of benzene rings is 9. The Hall–Kier alpha value is -5.32. The van der Waals surface area contributed by atoms with Gasteiger partial charge in [-0.05, 0) is 189 Å². The average Bonchev–Trinajstić information content (AvgIpc) is 4.05. The highest BCUT2D eigenvalue weighted by atomic mass is 16.5. The highest BCUT2D eigenvalue weighted by Gasteiger charge is 2.62. The second-order valence-electron chi connectivity index (χ2n) is 18.6. The van der Waals surface area contributed by atoms with Gasteiger partial charge in [0.15, 0.2) is 0 Å². The highest BCUT2D eigenvalue weighted by Crippen LogP contribution is 2.70. The van der Waals surface area contributed by atoms with Gasteiger partial charge in [-0.2, -0.15) is 0 Å². The molecule has 4 aliphatic carbocycles. The summed E-state index contributed by atoms with van der Waals surface area (Å²) in [5.74, 6) is 0.452. The zero-order valence-electron chi connectivity index (χ0n) is 30.3. The van der Waals surface area contributed by atoms with Gasteiger partial charge in [0, 0.05) is 37.6 Å². The second kappa shape index (κ2) is 7.73. The molecule has 3 nitrogen and oxygen atoms in total. The predicted octanol–water partition coefficient (Wildman–Crippen LogP) is 9.72. The van der Waals surface area contributed by atoms with Crippen LogP contribution in [0.5, 0.6) is 0 Å². The molecule has 1 heterocycles. The molecule has 0 N–H and O–H groups in total. The van der Waals surface area contributed by atoms with Crippen LogP contribution in [0.25, 0.3) is 130 Å². The fourth-order valence-corrected chi connectivity index (χ4v) is 15.9. The van der Waals surface area contributed by atoms with Crippen molar-refractivity contribution in [3.8, 4) is 0 Å². The maximum Gasteiger partial charge on any atom is 0.0700 e. The van der Waals surface area contributed by atoms with E-state index in [4.69, 9.17) is 9.47 Å². The molecule has 0 radical (unpaired) electrons. The molecule has 13 aromatic rings. The predicted molar refractivity (Wildman–Crippen MR) is 226 cm³/mol. The second-order valence-corrected chi connectivity index (χ2v) is 18.6. The Morgan fingerprint density at radius 3 is 1.95 bits per heavy atom. The molecule has 55 heavy (non-hydrogen) atoms. The Morgan fingerprint density at radius 2 is 1.20 bits per heavy atom. The zero-order valence-corrected chi connectivity index (χ0v) is 30.3. The van der Waals surface area contributed by atoms with Gasteiger partial charge < -0.3 is 9.47 Å². The van der Waals surface area contributed by atoms with Gasteiger partial charge in [-0.15, -0.1) is 0 Å². The summed E-state index contributed by atoms with van der Waals surface area (Å²) in [4.78, 5) is 2.86. The first kappa shape index (κ1) is 26.5. The molecular formula is C52H31NO2. The van der Waals surface area contributed by atoms with Gasteiger partial charge in [-0.3, -0.25) is 4.90 Å². The summed E-state index contributed by atoms with van der Waals surface area (Å²) < 4.78 is 11.6. The zero-order chi connectivity index (χ0) is 34.7. The van der Waals surface area contributed by atoms with Crippen LogP contribution in [0.3, 0.4) is 0 Å². The van der Waals surface area contributed by atoms with Crippen molar-refractivity contribution in [1.29, 1.82) is 0 Å². The minimum absolute atomic E-state index is 0.0344. The van der Waals surface area contributed by atoms with Crippen LogP contribution in [0.1, 0.15) is 34.7 Å². The molecule has 0 saturated carbocycles. The van der Waals surface area contributed by atoms with Crippen molar-refractivity contribution in [3.63, 3.8) is 0 Å². The lowest BCUT2D eigenvalue weighted by Crippen LogP contribution is -2.43. The number of rotatable bonds is 7. The molecule has 0 amide bonds. The monoisotopic (exact) mass is 701 g/mol. The van der Waals surface area contributed by atoms with E-state index in [1.54, 1.807) is 142 Å². The fraction of sp³-hybridized carbons (Fsp3) is 0.231. The van der Waals surface area contributed by atoms with Gasteiger partial charge in [0.25, 0.3) is 0 Å². The molecule has 256 valence electrons. The maximum absolute atomic E-state index is 6.27. The van der Waals surface area contributed by atoms with E-state index in [0.29, 0.717) is 19.1 Å². The third kappa shape index (κ3) is 2.26. The number of nitrogens with zero attached hydrogens (tertiary/aromatic N) is 1. The minimum Gasteiger partial charge on any atom is -0.382 e. The van der Waals surface area contributed by atoms with Crippen molar-refractivity contribution in [2.24, 2.45) is 5.92 Å². The molecule has 0 aromatic heterocycles. The summed E-state index contributed by atoms with van der Waals surface area (Å²) in [7, 11) is 1.77. The molecule has 3 heteroatoms. The number of fused-ring (bicyclic) bond motifs is 1. The summed E-state index contributed by atoms with van der Waals surface area (Å²) in [6, 6.07) is 25.0. The summed E-state index contributed by atoms with van der Waals surface area (Å²) in [5.41, 5.74) is 9.82. The Morgan fingerprint density at radius 1 is 0.582 bits per heavy atom. The summed E-state index contributed by atoms with van der Waals surface area (Å²) in [5, 5.41) is 38.0. The molecule has 1 fully saturated rings. The van der Waals surface area contributed by atoms with Crippen LogP contribution in [0, 0.1) is 5.92 Å². The van der Waals surface area contributed by atoms with Crippen LogP contribution >= 0.6 is 0 Å². The van der Waals surface area contributed by atoms with Gasteiger partial charge in [-0.1, -0.05) is 53.6 Å². The number of hydrogen-bond donors (Lipinski definition) is 0. The lowest BCUT2D eigenvalue weighted by atomic mass is 9.60. The largest absolute Gasteiger partial charge is 0.382 e. The third-order valence-corrected chi connectivity index (χ3v) is 17.0. The molecule has 3 unspecified atom stereocenters. The Labute approximate surface area is 312 Å². The maximum atomic E-state index is 6.27. The lowest BCUT2D eigenvalue weighted by molar-refractivity contribution is 0.0525. The standard InChI is InChI=1S/C52H31NO2/c1-54-9-10-55-8-7-53-19-29-28-17-26-15-23-13-24-12-21-11-22-14-25-16-27-18-52(29,51(53)20-5-3-2-4-6-20)50-36(27)41-35(25)40-31(22)30(21)38-34(24)39-32(23)33(26)42-37(28)49(50)48-46(41)44(40)43(38)45(39)47(42)48/h2-6,11-14,16,29,51H,7-10,15,17-19H2,1H3. The Kier molecular flexibility index (Phi) is 3.72. The first-order valence-corrected chi connectivity index (χ1v) is 20.6. The van der Waals surface area contributed by atoms with Gasteiger partial charge >= 0.3 is 0 Å². The van der Waals surface area contributed by atoms with Gasteiger partial charge in [0.05, 0.1) is 19.8 Å². The Balaban J connectivity index is 1.13. The quantitative estimate of drug-likeness (QED) is 0.122. The van der Waals surface area contributed by atoms with Crippen LogP contribution < -0.4 is 10.4 Å². The lowest BCUT2D eigenvalue weighted by Gasteiger charge is -2.43. The molecule has 0 bridgehead atoms. The number of methoxy groups -OCH3 is 1. The average molecular weight is 702 g/mol. The van der Waals surface area contributed by atoms with Crippen molar-refractivity contribution in [2.45, 2.75) is 30.7 Å². The SMILES string of the molecule is COCCOCCN1CC2C3=c4c5c6c7c(cc8cc9cc%10cc%11cc%12c%13c(c4c4c5c5c7c8c7c9c%10c8c%11c%13c4c8c75)=C(C3)C%12)CC62C1c1ccccc1. The van der Waals surface area contributed by atoms with Crippen molar-refractivity contribution < 1.29 is 9.47 Å². The first-order valence-electron chi connectivity index (χ1n) is 20.6. The summed E-state index contributed by atoms with van der Waals surface area (Å²) in [6.07, 6.45) is 3.33. The van der Waals surface area contributed by atoms with Gasteiger partial charge in [0.1, 0.15) is 0 Å². The molecule has 3 atom stereocenters. The van der Waals surface area contributed by atoms with Gasteiger partial charge in [0.2, 0.25) is 0 Å². The number of likely N-dealkylation sites (tertiary alicyclic amines) is 1. The fourth-order valence-electron chi connectivity index (χ4n) is 15.9. The van der Waals surface area contributed by atoms with E-state index >= 15 is 0 Å². The summed E-state index contributed by atoms with van der Waals surface area (Å²) in [6.45, 7) is 4.03. The van der Waals surface area contributed by atoms with Crippen LogP contribution in [-0.2, 0) is 27.7 Å². The van der Waals surface area contributed by atoms with Gasteiger partial charge in [-0.25, -0.2) is 0 Å². The minimum atomic E-state index is -0.0344. The van der Waals surface area contributed by atoms with Crippen molar-refractivity contribution in [3.05, 3.63) is 93.4 Å². The van der Waals surface area contributed by atoms with Crippen molar-refractivity contribution in [2.75, 3.05) is 40.0 Å². The van der Waals surface area contributed by atoms with Crippen LogP contribution in [0.4, 0.5) is 0 Å². The molecule has 5 aliphatic rings. The molecule has 1 spiro atoms. The Bertz CT molecular complexity index is 4030. The smallest absolute Gasteiger partial charge is 0.0700 e. The molecule has 13 aromatic carbocycles. The molecule has 18 rings (SSSR count). The van der Waals surface area contributed by atoms with E-state index in [9.17, 15) is 0 Å². The van der Waals surface area contributed by atoms with Crippen LogP contribution in [0.15, 0.2) is 60.7 Å². The molecule has 1 saturated heterocycles. The topological polar surface area (TPSA) is 21.7 Å². The van der Waals surface area contributed by atoms with Crippen LogP contribution in [-0.4, -0.2) is 44.9 Å². The molecular weight excluding hydrogens is 671 g/mol. The van der Waals surface area contributed by atoms with E-state index < -0.39 is 0 Å². The van der Waals surface area contributed by atoms with E-state index in [2.05, 4.69) is 65.6 Å². The highest BCUT2D eigenvalue weighted by molar-refractivity contribution is 6.63. The van der Waals surface area contributed by atoms with E-state index in [1.807, 2.05) is 0 Å². The van der Waals surface area contributed by atoms with Crippen molar-refractivity contribution >= 4 is 130 Å². The van der Waals surface area contributed by atoms with Crippen LogP contribution in [0.2, 0.25) is 0 Å². The number of ether oxygens (including phenoxy) is 2.